The molecule has 1 aromatic rings. The zero-order valence-corrected chi connectivity index (χ0v) is 18.2. The fraction of sp³-hybridized carbons (Fsp3) is 0.647. The average molecular weight is 450 g/mol. The first-order valence-corrected chi connectivity index (χ1v) is 9.01. The van der Waals surface area contributed by atoms with E-state index in [2.05, 4.69) is 60.6 Å². The van der Waals surface area contributed by atoms with Crippen LogP contribution < -0.4 is 10.6 Å². The molecule has 1 heterocycles. The molecule has 0 aliphatic rings. The number of hydrogen-bond acceptors (Lipinski definition) is 3. The van der Waals surface area contributed by atoms with Crippen LogP contribution in [0.3, 0.4) is 0 Å². The van der Waals surface area contributed by atoms with Gasteiger partial charge in [0, 0.05) is 43.2 Å². The first-order valence-electron chi connectivity index (χ1n) is 7.79. The van der Waals surface area contributed by atoms with Crippen LogP contribution in [0.2, 0.25) is 0 Å². The van der Waals surface area contributed by atoms with Crippen molar-refractivity contribution in [2.24, 2.45) is 10.9 Å². The predicted molar refractivity (Wildman–Crippen MR) is 114 cm³/mol. The van der Waals surface area contributed by atoms with E-state index in [1.807, 2.05) is 37.3 Å². The van der Waals surface area contributed by atoms with Gasteiger partial charge < -0.3 is 10.6 Å². The molecular formula is C17H31IN4S. The van der Waals surface area contributed by atoms with E-state index in [0.717, 1.165) is 19.0 Å². The Hall–Kier alpha value is -0.500. The van der Waals surface area contributed by atoms with E-state index < -0.39 is 0 Å². The Morgan fingerprint density at radius 3 is 2.52 bits per heavy atom. The molecule has 0 radical (unpaired) electrons. The molecule has 0 bridgehead atoms. The third-order valence-electron chi connectivity index (χ3n) is 3.86. The van der Waals surface area contributed by atoms with E-state index >= 15 is 0 Å². The number of rotatable bonds is 7. The van der Waals surface area contributed by atoms with Crippen LogP contribution in [0, 0.1) is 5.92 Å². The number of aromatic nitrogens is 1. The molecule has 6 heteroatoms. The Balaban J connectivity index is 0.00000484. The summed E-state index contributed by atoms with van der Waals surface area (Å²) in [7, 11) is 1.82. The number of aliphatic imine (C=N–C) groups is 1. The third kappa shape index (κ3) is 8.24. The summed E-state index contributed by atoms with van der Waals surface area (Å²) in [6.07, 6.45) is 5.91. The molecule has 132 valence electrons. The topological polar surface area (TPSA) is 49.3 Å². The Labute approximate surface area is 162 Å². The Kier molecular flexibility index (Phi) is 10.9. The number of hydrogen-bond donors (Lipinski definition) is 2. The fourth-order valence-corrected chi connectivity index (χ4v) is 2.35. The van der Waals surface area contributed by atoms with Gasteiger partial charge in [-0.3, -0.25) is 9.98 Å². The third-order valence-corrected chi connectivity index (χ3v) is 5.11. The lowest BCUT2D eigenvalue weighted by Crippen LogP contribution is -2.44. The Bertz CT molecular complexity index is 463. The molecule has 0 amide bonds. The van der Waals surface area contributed by atoms with Gasteiger partial charge in [-0.05, 0) is 37.7 Å². The van der Waals surface area contributed by atoms with Crippen molar-refractivity contribution in [3.8, 4) is 0 Å². The fourth-order valence-electron chi connectivity index (χ4n) is 2.13. The Morgan fingerprint density at radius 2 is 2.04 bits per heavy atom. The minimum absolute atomic E-state index is 0. The molecule has 0 fully saturated rings. The summed E-state index contributed by atoms with van der Waals surface area (Å²) in [4.78, 5) is 8.56. The second kappa shape index (κ2) is 11.1. The number of nitrogens with zero attached hydrogens (tertiary/aromatic N) is 2. The predicted octanol–water partition coefficient (Wildman–Crippen LogP) is 3.75. The van der Waals surface area contributed by atoms with Crippen LogP contribution >= 0.6 is 35.7 Å². The monoisotopic (exact) mass is 450 g/mol. The van der Waals surface area contributed by atoms with Crippen molar-refractivity contribution in [1.29, 1.82) is 0 Å². The molecule has 0 aliphatic heterocycles. The normalized spacial score (nSPS) is 13.4. The maximum atomic E-state index is 4.32. The maximum Gasteiger partial charge on any atom is 0.191 e. The van der Waals surface area contributed by atoms with E-state index in [0.29, 0.717) is 11.8 Å². The van der Waals surface area contributed by atoms with Crippen LogP contribution in [0.5, 0.6) is 0 Å². The van der Waals surface area contributed by atoms with Gasteiger partial charge in [0.05, 0.1) is 0 Å². The number of halogens is 1. The van der Waals surface area contributed by atoms with Crippen molar-refractivity contribution < 1.29 is 0 Å². The molecule has 2 N–H and O–H groups in total. The zero-order chi connectivity index (χ0) is 16.6. The van der Waals surface area contributed by atoms with Crippen LogP contribution in [0.15, 0.2) is 29.5 Å². The lowest BCUT2D eigenvalue weighted by atomic mass is 9.89. The van der Waals surface area contributed by atoms with E-state index in [-0.39, 0.29) is 28.7 Å². The molecule has 0 saturated heterocycles. The Morgan fingerprint density at radius 1 is 1.35 bits per heavy atom. The van der Waals surface area contributed by atoms with Crippen LogP contribution in [-0.4, -0.2) is 42.1 Å². The highest BCUT2D eigenvalue weighted by atomic mass is 127. The van der Waals surface area contributed by atoms with Gasteiger partial charge in [0.2, 0.25) is 0 Å². The molecule has 1 atom stereocenters. The van der Waals surface area contributed by atoms with Gasteiger partial charge in [-0.15, -0.1) is 24.0 Å². The van der Waals surface area contributed by atoms with Gasteiger partial charge in [0.15, 0.2) is 5.96 Å². The van der Waals surface area contributed by atoms with Crippen molar-refractivity contribution in [2.45, 2.75) is 38.4 Å². The smallest absolute Gasteiger partial charge is 0.191 e. The number of guanidine groups is 1. The molecule has 1 unspecified atom stereocenters. The van der Waals surface area contributed by atoms with Gasteiger partial charge in [0.25, 0.3) is 0 Å². The summed E-state index contributed by atoms with van der Waals surface area (Å²) in [5.41, 5.74) is 1.27. The highest BCUT2D eigenvalue weighted by Crippen LogP contribution is 2.23. The molecule has 0 aromatic carbocycles. The van der Waals surface area contributed by atoms with Gasteiger partial charge in [-0.2, -0.15) is 11.8 Å². The molecule has 4 nitrogen and oxygen atoms in total. The standard InChI is InChI=1S/C17H30N4S.HI/c1-13(2)15(14-8-7-9-19-10-14)11-20-16(18-5)21-12-17(3,4)22-6;/h7-10,13,15H,11-12H2,1-6H3,(H2,18,20,21);1H. The van der Waals surface area contributed by atoms with Gasteiger partial charge in [-0.1, -0.05) is 19.9 Å². The van der Waals surface area contributed by atoms with Crippen molar-refractivity contribution in [3.63, 3.8) is 0 Å². The molecule has 0 aliphatic carbocycles. The first kappa shape index (κ1) is 22.5. The van der Waals surface area contributed by atoms with Crippen LogP contribution in [0.4, 0.5) is 0 Å². The average Bonchev–Trinajstić information content (AvgIpc) is 2.51. The highest BCUT2D eigenvalue weighted by molar-refractivity contribution is 14.0. The van der Waals surface area contributed by atoms with Crippen molar-refractivity contribution in [2.75, 3.05) is 26.4 Å². The van der Waals surface area contributed by atoms with Gasteiger partial charge in [0.1, 0.15) is 0 Å². The van der Waals surface area contributed by atoms with Crippen LogP contribution in [0.25, 0.3) is 0 Å². The second-order valence-corrected chi connectivity index (χ2v) is 7.92. The lowest BCUT2D eigenvalue weighted by Gasteiger charge is -2.26. The minimum Gasteiger partial charge on any atom is -0.356 e. The van der Waals surface area contributed by atoms with Gasteiger partial charge in [-0.25, -0.2) is 0 Å². The van der Waals surface area contributed by atoms with Crippen molar-refractivity contribution in [3.05, 3.63) is 30.1 Å². The number of thioether (sulfide) groups is 1. The first-order chi connectivity index (χ1) is 10.4. The van der Waals surface area contributed by atoms with Crippen LogP contribution in [-0.2, 0) is 0 Å². The molecule has 1 rings (SSSR count). The van der Waals surface area contributed by atoms with E-state index in [1.54, 1.807) is 0 Å². The second-order valence-electron chi connectivity index (χ2n) is 6.41. The largest absolute Gasteiger partial charge is 0.356 e. The quantitative estimate of drug-likeness (QED) is 0.378. The number of nitrogens with one attached hydrogen (secondary N) is 2. The van der Waals surface area contributed by atoms with Gasteiger partial charge >= 0.3 is 0 Å². The van der Waals surface area contributed by atoms with E-state index in [9.17, 15) is 0 Å². The molecular weight excluding hydrogens is 419 g/mol. The van der Waals surface area contributed by atoms with E-state index in [1.165, 1.54) is 5.56 Å². The molecule has 23 heavy (non-hydrogen) atoms. The molecule has 0 spiro atoms. The van der Waals surface area contributed by atoms with Crippen molar-refractivity contribution >= 4 is 41.7 Å². The SMILES string of the molecule is CN=C(NCC(c1cccnc1)C(C)C)NCC(C)(C)SC.I. The summed E-state index contributed by atoms with van der Waals surface area (Å²) in [5, 5.41) is 6.86. The molecule has 1 aromatic heterocycles. The summed E-state index contributed by atoms with van der Waals surface area (Å²) in [6, 6.07) is 4.14. The zero-order valence-electron chi connectivity index (χ0n) is 15.1. The van der Waals surface area contributed by atoms with Crippen molar-refractivity contribution in [1.82, 2.24) is 15.6 Å². The summed E-state index contributed by atoms with van der Waals surface area (Å²) >= 11 is 1.85. The number of pyridine rings is 1. The maximum absolute atomic E-state index is 4.32. The highest BCUT2D eigenvalue weighted by Gasteiger charge is 2.18. The summed E-state index contributed by atoms with van der Waals surface area (Å²) in [6.45, 7) is 10.7. The lowest BCUT2D eigenvalue weighted by molar-refractivity contribution is 0.486. The molecule has 0 saturated carbocycles. The summed E-state index contributed by atoms with van der Waals surface area (Å²) in [5.74, 6) is 1.81. The van der Waals surface area contributed by atoms with E-state index in [4.69, 9.17) is 0 Å². The van der Waals surface area contributed by atoms with Crippen LogP contribution in [0.1, 0.15) is 39.2 Å². The summed E-state index contributed by atoms with van der Waals surface area (Å²) < 4.78 is 0.193. The minimum atomic E-state index is 0.